The van der Waals surface area contributed by atoms with E-state index in [1.807, 2.05) is 0 Å². The van der Waals surface area contributed by atoms with Gasteiger partial charge in [-0.05, 0) is 30.3 Å². The molecule has 0 bridgehead atoms. The first-order valence-electron chi connectivity index (χ1n) is 8.51. The Bertz CT molecular complexity index is 1090. The number of non-ortho nitro benzene ring substituents is 1. The fourth-order valence-electron chi connectivity index (χ4n) is 2.24. The lowest BCUT2D eigenvalue weighted by Crippen LogP contribution is -2.15. The van der Waals surface area contributed by atoms with Gasteiger partial charge in [0.25, 0.3) is 5.69 Å². The largest absolute Gasteiger partial charge is 0.347 e. The standard InChI is InChI=1S/C18H16ClFN8O2/c1-27(2)18-24-16(22-13-5-3-12(20)4-6-13)23-17(25-18)26-21-10-11-9-14(28(29)30)7-8-15(11)19/h3-10H,1-2H3,(H2,22,23,24,25,26). The molecule has 3 aromatic rings. The molecule has 154 valence electrons. The van der Waals surface area contributed by atoms with Crippen LogP contribution in [0.2, 0.25) is 5.02 Å². The number of halogens is 2. The van der Waals surface area contributed by atoms with Crippen LogP contribution in [-0.4, -0.2) is 40.2 Å². The highest BCUT2D eigenvalue weighted by atomic mass is 35.5. The lowest BCUT2D eigenvalue weighted by atomic mass is 10.2. The maximum atomic E-state index is 13.1. The van der Waals surface area contributed by atoms with E-state index in [0.717, 1.165) is 0 Å². The van der Waals surface area contributed by atoms with Crippen molar-refractivity contribution in [3.05, 3.63) is 69.0 Å². The second-order valence-corrected chi connectivity index (χ2v) is 6.55. The molecule has 0 aliphatic heterocycles. The highest BCUT2D eigenvalue weighted by Crippen LogP contribution is 2.21. The molecule has 30 heavy (non-hydrogen) atoms. The number of nitrogens with one attached hydrogen (secondary N) is 2. The highest BCUT2D eigenvalue weighted by molar-refractivity contribution is 6.33. The van der Waals surface area contributed by atoms with Crippen LogP contribution in [0.4, 0.5) is 33.6 Å². The van der Waals surface area contributed by atoms with Crippen molar-refractivity contribution >= 4 is 47.0 Å². The third-order valence-electron chi connectivity index (χ3n) is 3.68. The van der Waals surface area contributed by atoms with Crippen molar-refractivity contribution < 1.29 is 9.31 Å². The molecule has 0 amide bonds. The number of nitrogens with zero attached hydrogens (tertiary/aromatic N) is 6. The van der Waals surface area contributed by atoms with Gasteiger partial charge < -0.3 is 10.2 Å². The zero-order valence-electron chi connectivity index (χ0n) is 15.9. The summed E-state index contributed by atoms with van der Waals surface area (Å²) in [6.45, 7) is 0. The van der Waals surface area contributed by atoms with Crippen molar-refractivity contribution in [3.8, 4) is 0 Å². The number of aromatic nitrogens is 3. The molecule has 0 spiro atoms. The van der Waals surface area contributed by atoms with Crippen LogP contribution in [0.25, 0.3) is 0 Å². The summed E-state index contributed by atoms with van der Waals surface area (Å²) in [6.07, 6.45) is 1.32. The number of benzene rings is 2. The average Bonchev–Trinajstić information content (AvgIpc) is 2.71. The first kappa shape index (κ1) is 20.9. The molecule has 0 radical (unpaired) electrons. The molecule has 0 fully saturated rings. The molecule has 0 aliphatic rings. The zero-order chi connectivity index (χ0) is 21.7. The van der Waals surface area contributed by atoms with Crippen molar-refractivity contribution in [1.29, 1.82) is 0 Å². The number of hydrogen-bond acceptors (Lipinski definition) is 9. The van der Waals surface area contributed by atoms with Crippen molar-refractivity contribution in [2.75, 3.05) is 29.7 Å². The van der Waals surface area contributed by atoms with Crippen LogP contribution in [0.15, 0.2) is 47.6 Å². The van der Waals surface area contributed by atoms with Gasteiger partial charge in [-0.25, -0.2) is 9.82 Å². The molecule has 0 saturated heterocycles. The summed E-state index contributed by atoms with van der Waals surface area (Å²) in [5, 5.41) is 18.2. The van der Waals surface area contributed by atoms with Gasteiger partial charge in [0.05, 0.1) is 11.1 Å². The monoisotopic (exact) mass is 430 g/mol. The number of nitro benzene ring substituents is 1. The van der Waals surface area contributed by atoms with Crippen LogP contribution in [-0.2, 0) is 0 Å². The number of nitro groups is 1. The molecule has 0 saturated carbocycles. The van der Waals surface area contributed by atoms with Gasteiger partial charge in [-0.3, -0.25) is 10.1 Å². The quantitative estimate of drug-likeness (QED) is 0.329. The van der Waals surface area contributed by atoms with E-state index in [2.05, 4.69) is 30.8 Å². The Balaban J connectivity index is 1.82. The molecule has 2 aromatic carbocycles. The minimum atomic E-state index is -0.524. The smallest absolute Gasteiger partial charge is 0.270 e. The summed E-state index contributed by atoms with van der Waals surface area (Å²) < 4.78 is 13.1. The van der Waals surface area contributed by atoms with Gasteiger partial charge in [0.1, 0.15) is 5.82 Å². The molecular formula is C18H16ClFN8O2. The van der Waals surface area contributed by atoms with E-state index in [0.29, 0.717) is 22.2 Å². The lowest BCUT2D eigenvalue weighted by molar-refractivity contribution is -0.384. The topological polar surface area (TPSA) is 121 Å². The minimum absolute atomic E-state index is 0.110. The lowest BCUT2D eigenvalue weighted by Gasteiger charge is -2.13. The summed E-state index contributed by atoms with van der Waals surface area (Å²) in [5.41, 5.74) is 3.48. The second kappa shape index (κ2) is 9.09. The Morgan fingerprint density at radius 2 is 1.83 bits per heavy atom. The summed E-state index contributed by atoms with van der Waals surface area (Å²) in [6, 6.07) is 9.72. The van der Waals surface area contributed by atoms with Crippen molar-refractivity contribution in [2.24, 2.45) is 5.10 Å². The molecule has 1 heterocycles. The van der Waals surface area contributed by atoms with Crippen LogP contribution >= 0.6 is 11.6 Å². The SMILES string of the molecule is CN(C)c1nc(NN=Cc2cc([N+](=O)[O-])ccc2Cl)nc(Nc2ccc(F)cc2)n1. The van der Waals surface area contributed by atoms with Crippen LogP contribution in [0.3, 0.4) is 0 Å². The Kier molecular flexibility index (Phi) is 6.32. The van der Waals surface area contributed by atoms with Crippen LogP contribution < -0.4 is 15.6 Å². The van der Waals surface area contributed by atoms with Crippen molar-refractivity contribution in [1.82, 2.24) is 15.0 Å². The molecule has 3 rings (SSSR count). The predicted molar refractivity (Wildman–Crippen MR) is 113 cm³/mol. The Labute approximate surface area is 175 Å². The maximum Gasteiger partial charge on any atom is 0.270 e. The third kappa shape index (κ3) is 5.35. The number of anilines is 4. The Hall–Kier alpha value is -3.86. The molecule has 0 atom stereocenters. The number of hydrogen-bond donors (Lipinski definition) is 2. The van der Waals surface area contributed by atoms with Crippen LogP contribution in [0, 0.1) is 15.9 Å². The molecule has 1 aromatic heterocycles. The first-order valence-corrected chi connectivity index (χ1v) is 8.88. The Morgan fingerprint density at radius 3 is 2.50 bits per heavy atom. The number of rotatable bonds is 7. The van der Waals surface area contributed by atoms with E-state index in [4.69, 9.17) is 11.6 Å². The van der Waals surface area contributed by atoms with Gasteiger partial charge in [-0.15, -0.1) is 0 Å². The summed E-state index contributed by atoms with van der Waals surface area (Å²) >= 11 is 6.05. The van der Waals surface area contributed by atoms with E-state index >= 15 is 0 Å². The predicted octanol–water partition coefficient (Wildman–Crippen LogP) is 3.83. The average molecular weight is 431 g/mol. The van der Waals surface area contributed by atoms with E-state index in [1.165, 1.54) is 36.5 Å². The molecular weight excluding hydrogens is 415 g/mol. The summed E-state index contributed by atoms with van der Waals surface area (Å²) in [5.74, 6) is 0.324. The first-order chi connectivity index (χ1) is 14.3. The van der Waals surface area contributed by atoms with Gasteiger partial charge in [-0.1, -0.05) is 11.6 Å². The Morgan fingerprint density at radius 1 is 1.13 bits per heavy atom. The van der Waals surface area contributed by atoms with Gasteiger partial charge >= 0.3 is 0 Å². The van der Waals surface area contributed by atoms with Gasteiger partial charge in [0, 0.05) is 42.5 Å². The van der Waals surface area contributed by atoms with Gasteiger partial charge in [-0.2, -0.15) is 20.1 Å². The van der Waals surface area contributed by atoms with Crippen LogP contribution in [0.1, 0.15) is 5.56 Å². The molecule has 12 heteroatoms. The minimum Gasteiger partial charge on any atom is -0.347 e. The van der Waals surface area contributed by atoms with E-state index in [-0.39, 0.29) is 23.4 Å². The van der Waals surface area contributed by atoms with E-state index in [1.54, 1.807) is 31.1 Å². The number of hydrazone groups is 1. The van der Waals surface area contributed by atoms with Gasteiger partial charge in [0.15, 0.2) is 0 Å². The summed E-state index contributed by atoms with van der Waals surface area (Å²) in [4.78, 5) is 24.8. The molecule has 10 nitrogen and oxygen atoms in total. The highest BCUT2D eigenvalue weighted by Gasteiger charge is 2.10. The van der Waals surface area contributed by atoms with E-state index < -0.39 is 4.92 Å². The summed E-state index contributed by atoms with van der Waals surface area (Å²) in [7, 11) is 3.51. The normalized spacial score (nSPS) is 10.8. The molecule has 0 unspecified atom stereocenters. The van der Waals surface area contributed by atoms with Crippen molar-refractivity contribution in [3.63, 3.8) is 0 Å². The van der Waals surface area contributed by atoms with Crippen molar-refractivity contribution in [2.45, 2.75) is 0 Å². The van der Waals surface area contributed by atoms with Gasteiger partial charge in [0.2, 0.25) is 17.8 Å². The van der Waals surface area contributed by atoms with Crippen LogP contribution in [0.5, 0.6) is 0 Å². The maximum absolute atomic E-state index is 13.1. The third-order valence-corrected chi connectivity index (χ3v) is 4.03. The van der Waals surface area contributed by atoms with E-state index in [9.17, 15) is 14.5 Å². The molecule has 2 N–H and O–H groups in total. The molecule has 0 aliphatic carbocycles. The fraction of sp³-hybridized carbons (Fsp3) is 0.111. The zero-order valence-corrected chi connectivity index (χ0v) is 16.6. The second-order valence-electron chi connectivity index (χ2n) is 6.14. The fourth-order valence-corrected chi connectivity index (χ4v) is 2.40.